The van der Waals surface area contributed by atoms with Crippen LogP contribution >= 0.6 is 0 Å². The molecule has 1 aromatic heterocycles. The summed E-state index contributed by atoms with van der Waals surface area (Å²) in [6.07, 6.45) is 1.19. The number of nitrogens with one attached hydrogen (secondary N) is 1. The average molecular weight is 296 g/mol. The number of aryl methyl sites for hydroxylation is 1. The zero-order valence-corrected chi connectivity index (χ0v) is 12.4. The van der Waals surface area contributed by atoms with Gasteiger partial charge in [0.05, 0.1) is 24.2 Å². The number of ether oxygens (including phenoxy) is 1. The van der Waals surface area contributed by atoms with Gasteiger partial charge in [-0.2, -0.15) is 0 Å². The van der Waals surface area contributed by atoms with Crippen molar-refractivity contribution in [1.29, 1.82) is 0 Å². The van der Waals surface area contributed by atoms with E-state index in [1.54, 1.807) is 6.92 Å². The summed E-state index contributed by atoms with van der Waals surface area (Å²) in [4.78, 5) is 34.5. The molecule has 0 aliphatic heterocycles. The van der Waals surface area contributed by atoms with Crippen LogP contribution in [0.15, 0.2) is 23.1 Å². The number of hydrogen-bond donors (Lipinski definition) is 2. The summed E-state index contributed by atoms with van der Waals surface area (Å²) < 4.78 is 6.03. The molecular weight excluding hydrogens is 276 g/mol. The van der Waals surface area contributed by atoms with Gasteiger partial charge in [0.25, 0.3) is 5.91 Å². The number of esters is 1. The molecule has 1 heterocycles. The Labute approximate surface area is 122 Å². The number of hydrogen-bond acceptors (Lipinski definition) is 5. The molecule has 0 aliphatic carbocycles. The van der Waals surface area contributed by atoms with Gasteiger partial charge in [0.2, 0.25) is 5.56 Å². The number of nitrogens with zero attached hydrogens (tertiary/aromatic N) is 1. The van der Waals surface area contributed by atoms with E-state index in [-0.39, 0.29) is 25.1 Å². The molecule has 7 nitrogen and oxygen atoms in total. The van der Waals surface area contributed by atoms with Crippen molar-refractivity contribution in [2.45, 2.75) is 25.9 Å². The quantitative estimate of drug-likeness (QED) is 0.710. The minimum absolute atomic E-state index is 0.104. The molecule has 1 aromatic rings. The molecule has 1 unspecified atom stereocenters. The van der Waals surface area contributed by atoms with Gasteiger partial charge in [-0.1, -0.05) is 0 Å². The molecule has 0 aromatic carbocycles. The van der Waals surface area contributed by atoms with Crippen molar-refractivity contribution in [3.05, 3.63) is 34.2 Å². The van der Waals surface area contributed by atoms with E-state index in [2.05, 4.69) is 5.32 Å². The third-order valence-electron chi connectivity index (χ3n) is 2.81. The third-order valence-corrected chi connectivity index (χ3v) is 2.81. The molecule has 0 aliphatic rings. The predicted octanol–water partition coefficient (Wildman–Crippen LogP) is -0.181. The lowest BCUT2D eigenvalue weighted by molar-refractivity contribution is -0.147. The molecular formula is C14H20N2O5. The molecule has 0 fully saturated rings. The van der Waals surface area contributed by atoms with Crippen LogP contribution in [0.2, 0.25) is 0 Å². The van der Waals surface area contributed by atoms with Gasteiger partial charge in [-0.05, 0) is 19.9 Å². The van der Waals surface area contributed by atoms with Crippen molar-refractivity contribution in [3.8, 4) is 0 Å². The molecule has 7 heteroatoms. The molecule has 0 bridgehead atoms. The Morgan fingerprint density at radius 1 is 1.43 bits per heavy atom. The van der Waals surface area contributed by atoms with Crippen LogP contribution < -0.4 is 10.9 Å². The summed E-state index contributed by atoms with van der Waals surface area (Å²) in [5.41, 5.74) is -1.33. The summed E-state index contributed by atoms with van der Waals surface area (Å²) in [6, 6.07) is 2.68. The molecule has 1 amide bonds. The highest BCUT2D eigenvalue weighted by atomic mass is 16.5. The van der Waals surface area contributed by atoms with Crippen LogP contribution in [-0.2, 0) is 16.6 Å². The second kappa shape index (κ2) is 7.03. The number of amides is 1. The number of carbonyl (C=O) groups is 2. The lowest BCUT2D eigenvalue weighted by Gasteiger charge is -2.22. The van der Waals surface area contributed by atoms with E-state index in [1.165, 1.54) is 36.9 Å². The van der Waals surface area contributed by atoms with Gasteiger partial charge in [-0.15, -0.1) is 0 Å². The molecule has 1 rings (SSSR count). The fourth-order valence-electron chi connectivity index (χ4n) is 1.69. The van der Waals surface area contributed by atoms with Gasteiger partial charge >= 0.3 is 5.97 Å². The zero-order valence-electron chi connectivity index (χ0n) is 12.4. The topological polar surface area (TPSA) is 97.6 Å². The second-order valence-corrected chi connectivity index (χ2v) is 5.03. The highest BCUT2D eigenvalue weighted by molar-refractivity contribution is 5.93. The van der Waals surface area contributed by atoms with Crippen molar-refractivity contribution >= 4 is 11.9 Å². The predicted molar refractivity (Wildman–Crippen MR) is 75.9 cm³/mol. The maximum absolute atomic E-state index is 11.9. The highest BCUT2D eigenvalue weighted by Gasteiger charge is 2.26. The molecule has 21 heavy (non-hydrogen) atoms. The Morgan fingerprint density at radius 3 is 2.67 bits per heavy atom. The summed E-state index contributed by atoms with van der Waals surface area (Å²) in [6.45, 7) is 3.24. The van der Waals surface area contributed by atoms with Crippen LogP contribution in [0.3, 0.4) is 0 Å². The second-order valence-electron chi connectivity index (χ2n) is 5.03. The number of pyridine rings is 1. The first-order valence-electron chi connectivity index (χ1n) is 6.58. The van der Waals surface area contributed by atoms with E-state index in [1.807, 2.05) is 0 Å². The summed E-state index contributed by atoms with van der Waals surface area (Å²) in [5, 5.41) is 12.6. The Hall–Kier alpha value is -2.15. The first kappa shape index (κ1) is 16.9. The monoisotopic (exact) mass is 296 g/mol. The Morgan fingerprint density at radius 2 is 2.10 bits per heavy atom. The Kier molecular flexibility index (Phi) is 5.66. The van der Waals surface area contributed by atoms with Crippen molar-refractivity contribution in [3.63, 3.8) is 0 Å². The van der Waals surface area contributed by atoms with Crippen LogP contribution in [-0.4, -0.2) is 40.3 Å². The molecule has 0 saturated heterocycles. The van der Waals surface area contributed by atoms with Crippen molar-refractivity contribution < 1.29 is 19.4 Å². The SMILES string of the molecule is CCOC(=O)CC(C)(O)CNC(=O)c1ccc(=O)n(C)c1. The fraction of sp³-hybridized carbons (Fsp3) is 0.500. The number of aliphatic hydroxyl groups is 1. The van der Waals surface area contributed by atoms with Crippen LogP contribution in [0.4, 0.5) is 0 Å². The number of aromatic nitrogens is 1. The summed E-state index contributed by atoms with van der Waals surface area (Å²) in [7, 11) is 1.54. The Balaban J connectivity index is 2.60. The largest absolute Gasteiger partial charge is 0.466 e. The minimum Gasteiger partial charge on any atom is -0.466 e. The van der Waals surface area contributed by atoms with Gasteiger partial charge in [0, 0.05) is 25.9 Å². The molecule has 116 valence electrons. The molecule has 0 spiro atoms. The molecule has 2 N–H and O–H groups in total. The van der Waals surface area contributed by atoms with E-state index in [0.29, 0.717) is 5.56 Å². The van der Waals surface area contributed by atoms with E-state index in [0.717, 1.165) is 0 Å². The standard InChI is InChI=1S/C14H20N2O5/c1-4-21-12(18)7-14(2,20)9-15-13(19)10-5-6-11(17)16(3)8-10/h5-6,8,20H,4,7,9H2,1-3H3,(H,15,19). The van der Waals surface area contributed by atoms with Crippen LogP contribution in [0.25, 0.3) is 0 Å². The smallest absolute Gasteiger partial charge is 0.308 e. The van der Waals surface area contributed by atoms with E-state index in [9.17, 15) is 19.5 Å². The van der Waals surface area contributed by atoms with Gasteiger partial charge in [-0.3, -0.25) is 14.4 Å². The number of rotatable bonds is 6. The van der Waals surface area contributed by atoms with Gasteiger partial charge < -0.3 is 19.7 Å². The van der Waals surface area contributed by atoms with Gasteiger partial charge in [0.15, 0.2) is 0 Å². The average Bonchev–Trinajstić information content (AvgIpc) is 2.39. The Bertz CT molecular complexity index is 577. The first-order chi connectivity index (χ1) is 9.75. The molecule has 0 radical (unpaired) electrons. The molecule has 0 saturated carbocycles. The maximum Gasteiger partial charge on any atom is 0.308 e. The first-order valence-corrected chi connectivity index (χ1v) is 6.58. The van der Waals surface area contributed by atoms with Crippen molar-refractivity contribution in [1.82, 2.24) is 9.88 Å². The maximum atomic E-state index is 11.9. The fourth-order valence-corrected chi connectivity index (χ4v) is 1.69. The number of carbonyl (C=O) groups excluding carboxylic acids is 2. The molecule has 1 atom stereocenters. The highest BCUT2D eigenvalue weighted by Crippen LogP contribution is 2.09. The lowest BCUT2D eigenvalue weighted by Crippen LogP contribution is -2.42. The van der Waals surface area contributed by atoms with Gasteiger partial charge in [-0.25, -0.2) is 0 Å². The zero-order chi connectivity index (χ0) is 16.0. The summed E-state index contributed by atoms with van der Waals surface area (Å²) in [5.74, 6) is -0.964. The van der Waals surface area contributed by atoms with Crippen molar-refractivity contribution in [2.24, 2.45) is 7.05 Å². The normalized spacial score (nSPS) is 13.3. The van der Waals surface area contributed by atoms with E-state index in [4.69, 9.17) is 4.74 Å². The third kappa shape index (κ3) is 5.39. The van der Waals surface area contributed by atoms with Crippen molar-refractivity contribution in [2.75, 3.05) is 13.2 Å². The summed E-state index contributed by atoms with van der Waals surface area (Å²) >= 11 is 0. The van der Waals surface area contributed by atoms with Crippen LogP contribution in [0.5, 0.6) is 0 Å². The van der Waals surface area contributed by atoms with Gasteiger partial charge in [0.1, 0.15) is 0 Å². The lowest BCUT2D eigenvalue weighted by atomic mass is 10.0. The van der Waals surface area contributed by atoms with Crippen LogP contribution in [0, 0.1) is 0 Å². The van der Waals surface area contributed by atoms with E-state index < -0.39 is 17.5 Å². The minimum atomic E-state index is -1.40. The van der Waals surface area contributed by atoms with Crippen LogP contribution in [0.1, 0.15) is 30.6 Å². The van der Waals surface area contributed by atoms with E-state index >= 15 is 0 Å².